The molecule has 1 heterocycles. The second-order valence-electron chi connectivity index (χ2n) is 4.18. The monoisotopic (exact) mass is 233 g/mol. The van der Waals surface area contributed by atoms with Crippen LogP contribution in [0.15, 0.2) is 30.6 Å². The summed E-state index contributed by atoms with van der Waals surface area (Å²) >= 11 is 0. The Morgan fingerprint density at radius 1 is 1.41 bits per heavy atom. The summed E-state index contributed by atoms with van der Waals surface area (Å²) in [6.45, 7) is 3.92. The Kier molecular flexibility index (Phi) is 3.24. The fourth-order valence-corrected chi connectivity index (χ4v) is 1.69. The van der Waals surface area contributed by atoms with Gasteiger partial charge in [0.05, 0.1) is 6.20 Å². The molecule has 0 aliphatic rings. The third-order valence-electron chi connectivity index (χ3n) is 2.86. The molecular formula is C13H16FN3. The molecule has 1 N–H and O–H groups in total. The smallest absolute Gasteiger partial charge is 0.149 e. The lowest BCUT2D eigenvalue weighted by Crippen LogP contribution is -2.12. The van der Waals surface area contributed by atoms with E-state index >= 15 is 0 Å². The van der Waals surface area contributed by atoms with Gasteiger partial charge in [-0.25, -0.2) is 9.07 Å². The number of benzene rings is 1. The average molecular weight is 233 g/mol. The molecule has 1 atom stereocenters. The van der Waals surface area contributed by atoms with Crippen molar-refractivity contribution in [1.82, 2.24) is 15.1 Å². The van der Waals surface area contributed by atoms with Crippen LogP contribution in [0.3, 0.4) is 0 Å². The number of halogens is 1. The Labute approximate surface area is 100 Å². The van der Waals surface area contributed by atoms with Crippen molar-refractivity contribution in [2.45, 2.75) is 19.9 Å². The van der Waals surface area contributed by atoms with E-state index in [-0.39, 0.29) is 11.9 Å². The summed E-state index contributed by atoms with van der Waals surface area (Å²) in [5.74, 6) is -0.257. The number of hydrogen-bond acceptors (Lipinski definition) is 2. The molecule has 0 saturated carbocycles. The molecule has 1 aromatic heterocycles. The lowest BCUT2D eigenvalue weighted by molar-refractivity contribution is 0.596. The third-order valence-corrected chi connectivity index (χ3v) is 2.86. The van der Waals surface area contributed by atoms with Crippen LogP contribution in [-0.4, -0.2) is 16.8 Å². The molecule has 1 aromatic carbocycles. The van der Waals surface area contributed by atoms with E-state index in [1.165, 1.54) is 0 Å². The molecule has 0 fully saturated rings. The van der Waals surface area contributed by atoms with Gasteiger partial charge in [-0.1, -0.05) is 6.07 Å². The van der Waals surface area contributed by atoms with Gasteiger partial charge >= 0.3 is 0 Å². The van der Waals surface area contributed by atoms with E-state index in [1.807, 2.05) is 27.0 Å². The van der Waals surface area contributed by atoms with Gasteiger partial charge in [0.25, 0.3) is 0 Å². The van der Waals surface area contributed by atoms with Crippen LogP contribution in [-0.2, 0) is 0 Å². The Balaban J connectivity index is 2.38. The first kappa shape index (κ1) is 11.8. The number of hydrogen-bond donors (Lipinski definition) is 1. The summed E-state index contributed by atoms with van der Waals surface area (Å²) in [4.78, 5) is 0. The minimum Gasteiger partial charge on any atom is -0.313 e. The minimum atomic E-state index is -0.257. The largest absolute Gasteiger partial charge is 0.313 e. The molecule has 0 amide bonds. The van der Waals surface area contributed by atoms with E-state index in [1.54, 1.807) is 29.2 Å². The van der Waals surface area contributed by atoms with E-state index in [9.17, 15) is 4.39 Å². The maximum atomic E-state index is 14.0. The first-order valence-corrected chi connectivity index (χ1v) is 5.60. The highest BCUT2D eigenvalue weighted by Gasteiger charge is 2.09. The molecule has 4 heteroatoms. The fraction of sp³-hybridized carbons (Fsp3) is 0.308. The highest BCUT2D eigenvalue weighted by molar-refractivity contribution is 5.37. The lowest BCUT2D eigenvalue weighted by atomic mass is 10.1. The third kappa shape index (κ3) is 2.36. The Morgan fingerprint density at radius 2 is 2.18 bits per heavy atom. The van der Waals surface area contributed by atoms with Crippen LogP contribution in [0.2, 0.25) is 0 Å². The van der Waals surface area contributed by atoms with Crippen LogP contribution in [0, 0.1) is 12.7 Å². The number of rotatable bonds is 3. The van der Waals surface area contributed by atoms with Gasteiger partial charge in [-0.15, -0.1) is 0 Å². The summed E-state index contributed by atoms with van der Waals surface area (Å²) in [6.07, 6.45) is 3.52. The normalized spacial score (nSPS) is 12.7. The quantitative estimate of drug-likeness (QED) is 0.883. The molecule has 2 aromatic rings. The van der Waals surface area contributed by atoms with E-state index in [0.29, 0.717) is 5.69 Å². The second-order valence-corrected chi connectivity index (χ2v) is 4.18. The standard InChI is InChI=1S/C13H16FN3/c1-9-7-16-17(8-9)13-5-4-11(6-12(13)14)10(2)15-3/h4-8,10,15H,1-3H3. The number of nitrogens with zero attached hydrogens (tertiary/aromatic N) is 2. The van der Waals surface area contributed by atoms with E-state index in [4.69, 9.17) is 0 Å². The van der Waals surface area contributed by atoms with E-state index in [0.717, 1.165) is 11.1 Å². The zero-order chi connectivity index (χ0) is 12.4. The zero-order valence-electron chi connectivity index (χ0n) is 10.2. The number of nitrogens with one attached hydrogen (secondary N) is 1. The molecule has 0 saturated heterocycles. The lowest BCUT2D eigenvalue weighted by Gasteiger charge is -2.12. The van der Waals surface area contributed by atoms with Crippen molar-refractivity contribution in [3.05, 3.63) is 47.5 Å². The maximum absolute atomic E-state index is 14.0. The molecule has 3 nitrogen and oxygen atoms in total. The predicted molar refractivity (Wildman–Crippen MR) is 65.7 cm³/mol. The maximum Gasteiger partial charge on any atom is 0.149 e. The van der Waals surface area contributed by atoms with Gasteiger partial charge in [-0.05, 0) is 44.2 Å². The molecule has 90 valence electrons. The highest BCUT2D eigenvalue weighted by Crippen LogP contribution is 2.19. The van der Waals surface area contributed by atoms with Crippen LogP contribution in [0.5, 0.6) is 0 Å². The van der Waals surface area contributed by atoms with Gasteiger partial charge in [0, 0.05) is 12.2 Å². The molecule has 0 spiro atoms. The topological polar surface area (TPSA) is 29.9 Å². The zero-order valence-corrected chi connectivity index (χ0v) is 10.2. The van der Waals surface area contributed by atoms with Gasteiger partial charge in [-0.3, -0.25) is 0 Å². The predicted octanol–water partition coefficient (Wildman–Crippen LogP) is 2.60. The van der Waals surface area contributed by atoms with Gasteiger partial charge < -0.3 is 5.32 Å². The fourth-order valence-electron chi connectivity index (χ4n) is 1.69. The van der Waals surface area contributed by atoms with Crippen LogP contribution in [0.25, 0.3) is 5.69 Å². The summed E-state index contributed by atoms with van der Waals surface area (Å²) in [7, 11) is 1.85. The number of aromatic nitrogens is 2. The Hall–Kier alpha value is -1.68. The van der Waals surface area contributed by atoms with Gasteiger partial charge in [0.2, 0.25) is 0 Å². The SMILES string of the molecule is CNC(C)c1ccc(-n2cc(C)cn2)c(F)c1. The van der Waals surface area contributed by atoms with Crippen molar-refractivity contribution < 1.29 is 4.39 Å². The Bertz CT molecular complexity index is 519. The van der Waals surface area contributed by atoms with Crippen molar-refractivity contribution in [3.63, 3.8) is 0 Å². The van der Waals surface area contributed by atoms with Crippen molar-refractivity contribution in [3.8, 4) is 5.69 Å². The van der Waals surface area contributed by atoms with Gasteiger partial charge in [-0.2, -0.15) is 5.10 Å². The summed E-state index contributed by atoms with van der Waals surface area (Å²) in [6, 6.07) is 5.35. The Morgan fingerprint density at radius 3 is 2.71 bits per heavy atom. The van der Waals surface area contributed by atoms with Crippen LogP contribution in [0.1, 0.15) is 24.1 Å². The summed E-state index contributed by atoms with van der Waals surface area (Å²) in [5.41, 5.74) is 2.42. The first-order chi connectivity index (χ1) is 8.11. The first-order valence-electron chi connectivity index (χ1n) is 5.60. The van der Waals surface area contributed by atoms with E-state index < -0.39 is 0 Å². The summed E-state index contributed by atoms with van der Waals surface area (Å²) in [5, 5.41) is 7.19. The molecule has 0 bridgehead atoms. The van der Waals surface area contributed by atoms with Crippen molar-refractivity contribution in [2.24, 2.45) is 0 Å². The molecular weight excluding hydrogens is 217 g/mol. The van der Waals surface area contributed by atoms with E-state index in [2.05, 4.69) is 10.4 Å². The van der Waals surface area contributed by atoms with Gasteiger partial charge in [0.15, 0.2) is 0 Å². The van der Waals surface area contributed by atoms with Gasteiger partial charge in [0.1, 0.15) is 11.5 Å². The number of aryl methyl sites for hydroxylation is 1. The minimum absolute atomic E-state index is 0.137. The molecule has 0 aliphatic heterocycles. The highest BCUT2D eigenvalue weighted by atomic mass is 19.1. The van der Waals surface area contributed by atoms with Crippen molar-refractivity contribution in [2.75, 3.05) is 7.05 Å². The van der Waals surface area contributed by atoms with Crippen LogP contribution >= 0.6 is 0 Å². The average Bonchev–Trinajstić information content (AvgIpc) is 2.74. The molecule has 0 aliphatic carbocycles. The second kappa shape index (κ2) is 4.67. The van der Waals surface area contributed by atoms with Crippen molar-refractivity contribution >= 4 is 0 Å². The molecule has 1 unspecified atom stereocenters. The van der Waals surface area contributed by atoms with Crippen LogP contribution < -0.4 is 5.32 Å². The summed E-state index contributed by atoms with van der Waals surface area (Å²) < 4.78 is 15.5. The van der Waals surface area contributed by atoms with Crippen LogP contribution in [0.4, 0.5) is 4.39 Å². The molecule has 0 radical (unpaired) electrons. The van der Waals surface area contributed by atoms with Crippen molar-refractivity contribution in [1.29, 1.82) is 0 Å². The molecule has 17 heavy (non-hydrogen) atoms. The molecule has 2 rings (SSSR count).